The van der Waals surface area contributed by atoms with Crippen LogP contribution in [0, 0.1) is 0 Å². The van der Waals surface area contributed by atoms with Crippen LogP contribution in [0.2, 0.25) is 0 Å². The van der Waals surface area contributed by atoms with Crippen LogP contribution in [0.5, 0.6) is 11.5 Å². The number of piperazine rings is 1. The molecular weight excluding hydrogens is 645 g/mol. The zero-order valence-electron chi connectivity index (χ0n) is 30.4. The average Bonchev–Trinajstić information content (AvgIpc) is 3.54. The molecule has 264 valence electrons. The molecule has 0 amide bonds. The molecular formula is C46H46N2O4. The van der Waals surface area contributed by atoms with Crippen LogP contribution in [0.25, 0.3) is 43.3 Å². The summed E-state index contributed by atoms with van der Waals surface area (Å²) in [6, 6.07) is 33.2. The number of hydrogen-bond donors (Lipinski definition) is 0. The molecule has 1 fully saturated rings. The summed E-state index contributed by atoms with van der Waals surface area (Å²) in [5, 5.41) is 8.57. The Bertz CT molecular complexity index is 2370. The minimum Gasteiger partial charge on any atom is -0.495 e. The van der Waals surface area contributed by atoms with Crippen molar-refractivity contribution in [1.29, 1.82) is 0 Å². The Hall–Kier alpha value is -5.49. The molecule has 0 aliphatic carbocycles. The van der Waals surface area contributed by atoms with E-state index in [1.165, 1.54) is 63.7 Å². The maximum Gasteiger partial charge on any atom is 0.343 e. The zero-order chi connectivity index (χ0) is 35.6. The quantitative estimate of drug-likeness (QED) is 0.0583. The second-order valence-electron chi connectivity index (χ2n) is 13.9. The Morgan fingerprint density at radius 2 is 1.44 bits per heavy atom. The molecule has 0 N–H and O–H groups in total. The van der Waals surface area contributed by atoms with Gasteiger partial charge in [0.1, 0.15) is 17.1 Å². The average molecular weight is 691 g/mol. The molecule has 6 heteroatoms. The third kappa shape index (κ3) is 6.21. The molecule has 8 rings (SSSR count). The van der Waals surface area contributed by atoms with Gasteiger partial charge in [-0.25, -0.2) is 4.79 Å². The van der Waals surface area contributed by atoms with Gasteiger partial charge in [-0.1, -0.05) is 69.5 Å². The Kier molecular flexibility index (Phi) is 9.46. The summed E-state index contributed by atoms with van der Waals surface area (Å²) in [5.74, 6) is 1.07. The first-order chi connectivity index (χ1) is 25.6. The number of ether oxygens (including phenoxy) is 2. The smallest absolute Gasteiger partial charge is 0.343 e. The number of nitrogens with zero attached hydrogens (tertiary/aromatic N) is 2. The van der Waals surface area contributed by atoms with Gasteiger partial charge in [0.25, 0.3) is 0 Å². The fourth-order valence-corrected chi connectivity index (χ4v) is 8.15. The molecule has 0 saturated carbocycles. The van der Waals surface area contributed by atoms with Crippen molar-refractivity contribution in [3.63, 3.8) is 0 Å². The van der Waals surface area contributed by atoms with E-state index in [2.05, 4.69) is 66.1 Å². The summed E-state index contributed by atoms with van der Waals surface area (Å²) in [7, 11) is 1.75. The van der Waals surface area contributed by atoms with E-state index in [1.807, 2.05) is 54.6 Å². The molecule has 52 heavy (non-hydrogen) atoms. The number of carbonyl (C=O) groups is 1. The second-order valence-corrected chi connectivity index (χ2v) is 13.9. The molecule has 1 aliphatic rings. The minimum atomic E-state index is -0.331. The van der Waals surface area contributed by atoms with Crippen LogP contribution in [-0.2, 0) is 12.8 Å². The largest absolute Gasteiger partial charge is 0.495 e. The summed E-state index contributed by atoms with van der Waals surface area (Å²) in [4.78, 5) is 17.7. The van der Waals surface area contributed by atoms with Gasteiger partial charge in [-0.15, -0.1) is 0 Å². The standard InChI is InChI=1S/C46H46N2O4/c1-4-6-7-8-12-31-16-18-32(19-17-31)46(49)52-34-22-20-33(21-23-34)47-24-26-48(27-25-47)41-29-39-40(30-42(41)50-3)45-38(15-11-28-51-45)43-35(5-2)36-13-9-10-14-37(36)44(39)43/h9-11,13-23,28-30H,4-8,12,24-27H2,1-3H3. The van der Waals surface area contributed by atoms with Crippen LogP contribution in [-0.4, -0.2) is 39.3 Å². The monoisotopic (exact) mass is 690 g/mol. The van der Waals surface area contributed by atoms with E-state index in [9.17, 15) is 4.79 Å². The normalized spacial score (nSPS) is 13.4. The van der Waals surface area contributed by atoms with Crippen LogP contribution in [0.15, 0.2) is 108 Å². The highest BCUT2D eigenvalue weighted by molar-refractivity contribution is 6.34. The number of benzene rings is 5. The SMILES string of the molecule is CCCCCCc1ccc(C(=O)Oc2ccc(N3CCN(c4cc5c(cc4OC)c4occcc4c4c(CC)c6ccccc6c54)CC3)cc2)cc1. The molecule has 0 radical (unpaired) electrons. The topological polar surface area (TPSA) is 55.2 Å². The van der Waals surface area contributed by atoms with E-state index >= 15 is 0 Å². The minimum absolute atomic E-state index is 0.331. The van der Waals surface area contributed by atoms with Crippen LogP contribution in [0.1, 0.15) is 61.0 Å². The molecule has 7 aromatic rings. The van der Waals surface area contributed by atoms with E-state index in [-0.39, 0.29) is 5.97 Å². The number of fused-ring (bicyclic) bond motifs is 8. The van der Waals surface area contributed by atoms with Gasteiger partial charge < -0.3 is 23.7 Å². The maximum atomic E-state index is 12.9. The first-order valence-electron chi connectivity index (χ1n) is 18.8. The Labute approximate surface area is 305 Å². The first kappa shape index (κ1) is 33.6. The van der Waals surface area contributed by atoms with E-state index in [1.54, 1.807) is 13.4 Å². The van der Waals surface area contributed by atoms with Gasteiger partial charge in [-0.3, -0.25) is 0 Å². The molecule has 1 aliphatic heterocycles. The summed E-state index contributed by atoms with van der Waals surface area (Å²) < 4.78 is 18.0. The number of carbonyl (C=O) groups excluding carboxylic acids is 1. The molecule has 2 heterocycles. The van der Waals surface area contributed by atoms with E-state index < -0.39 is 0 Å². The number of esters is 1. The van der Waals surface area contributed by atoms with E-state index in [0.717, 1.165) is 72.5 Å². The van der Waals surface area contributed by atoms with E-state index in [4.69, 9.17) is 13.9 Å². The van der Waals surface area contributed by atoms with Crippen LogP contribution in [0.3, 0.4) is 0 Å². The molecule has 6 aromatic carbocycles. The lowest BCUT2D eigenvalue weighted by atomic mass is 9.97. The zero-order valence-corrected chi connectivity index (χ0v) is 30.4. The van der Waals surface area contributed by atoms with Crippen molar-refractivity contribution in [2.75, 3.05) is 43.1 Å². The van der Waals surface area contributed by atoms with Gasteiger partial charge in [0, 0.05) is 42.6 Å². The summed E-state index contributed by atoms with van der Waals surface area (Å²) >= 11 is 0. The Balaban J connectivity index is 1.00. The molecule has 1 aromatic heterocycles. The molecule has 0 bridgehead atoms. The van der Waals surface area contributed by atoms with Crippen molar-refractivity contribution in [3.05, 3.63) is 120 Å². The van der Waals surface area contributed by atoms with Gasteiger partial charge in [-0.05, 0) is 118 Å². The lowest BCUT2D eigenvalue weighted by Crippen LogP contribution is -2.46. The maximum absolute atomic E-state index is 12.9. The fourth-order valence-electron chi connectivity index (χ4n) is 8.15. The molecule has 0 spiro atoms. The van der Waals surface area contributed by atoms with Gasteiger partial charge in [0.05, 0.1) is 24.6 Å². The Morgan fingerprint density at radius 3 is 2.17 bits per heavy atom. The van der Waals surface area contributed by atoms with Crippen LogP contribution in [0.4, 0.5) is 11.4 Å². The van der Waals surface area contributed by atoms with Gasteiger partial charge in [0.2, 0.25) is 0 Å². The van der Waals surface area contributed by atoms with Crippen molar-refractivity contribution < 1.29 is 18.7 Å². The second kappa shape index (κ2) is 14.6. The van der Waals surface area contributed by atoms with Gasteiger partial charge >= 0.3 is 5.97 Å². The highest BCUT2D eigenvalue weighted by Crippen LogP contribution is 2.47. The number of aryl methyl sites for hydroxylation is 2. The van der Waals surface area contributed by atoms with E-state index in [0.29, 0.717) is 11.3 Å². The van der Waals surface area contributed by atoms with Crippen molar-refractivity contribution >= 4 is 60.6 Å². The number of methoxy groups -OCH3 is 1. The third-order valence-corrected chi connectivity index (χ3v) is 10.8. The van der Waals surface area contributed by atoms with Crippen molar-refractivity contribution in [2.45, 2.75) is 52.4 Å². The van der Waals surface area contributed by atoms with Crippen molar-refractivity contribution in [2.24, 2.45) is 0 Å². The van der Waals surface area contributed by atoms with Gasteiger partial charge in [-0.2, -0.15) is 0 Å². The molecule has 0 unspecified atom stereocenters. The van der Waals surface area contributed by atoms with Crippen molar-refractivity contribution in [1.82, 2.24) is 0 Å². The number of hydrogen-bond acceptors (Lipinski definition) is 6. The highest BCUT2D eigenvalue weighted by Gasteiger charge is 2.24. The molecule has 0 atom stereocenters. The van der Waals surface area contributed by atoms with Crippen LogP contribution < -0.4 is 19.3 Å². The first-order valence-corrected chi connectivity index (χ1v) is 18.8. The molecule has 6 nitrogen and oxygen atoms in total. The predicted octanol–water partition coefficient (Wildman–Crippen LogP) is 11.1. The number of anilines is 2. The molecule has 1 saturated heterocycles. The Morgan fingerprint density at radius 1 is 0.712 bits per heavy atom. The summed E-state index contributed by atoms with van der Waals surface area (Å²) in [6.45, 7) is 7.86. The highest BCUT2D eigenvalue weighted by atomic mass is 16.5. The van der Waals surface area contributed by atoms with Crippen LogP contribution >= 0.6 is 0 Å². The lowest BCUT2D eigenvalue weighted by Gasteiger charge is -2.38. The third-order valence-electron chi connectivity index (χ3n) is 10.8. The lowest BCUT2D eigenvalue weighted by molar-refractivity contribution is 0.0734. The number of unbranched alkanes of at least 4 members (excludes halogenated alkanes) is 3. The predicted molar refractivity (Wildman–Crippen MR) is 215 cm³/mol. The van der Waals surface area contributed by atoms with Crippen molar-refractivity contribution in [3.8, 4) is 11.5 Å². The van der Waals surface area contributed by atoms with Gasteiger partial charge in [0.15, 0.2) is 0 Å². The summed E-state index contributed by atoms with van der Waals surface area (Å²) in [6.07, 6.45) is 8.69. The summed E-state index contributed by atoms with van der Waals surface area (Å²) in [5.41, 5.74) is 6.31. The number of rotatable bonds is 11. The fraction of sp³-hybridized carbons (Fsp3) is 0.283.